The SMILES string of the molecule is C[Si](C)(C)C(O)([Si])[Si](C)(C)C. The van der Waals surface area contributed by atoms with Gasteiger partial charge in [-0.1, -0.05) is 39.3 Å². The van der Waals surface area contributed by atoms with Crippen LogP contribution < -0.4 is 0 Å². The Bertz CT molecular complexity index is 125. The molecule has 11 heavy (non-hydrogen) atoms. The Morgan fingerprint density at radius 1 is 0.909 bits per heavy atom. The standard InChI is InChI=1S/C7H19OSi3/c1-10(2,3)7(8,9)11(4,5)6/h8H,1-6H3. The van der Waals surface area contributed by atoms with Crippen molar-refractivity contribution in [3.8, 4) is 0 Å². The average molecular weight is 203 g/mol. The molecule has 65 valence electrons. The van der Waals surface area contributed by atoms with E-state index in [1.165, 1.54) is 0 Å². The maximum Gasteiger partial charge on any atom is 0.0730 e. The van der Waals surface area contributed by atoms with Crippen molar-refractivity contribution in [2.45, 2.75) is 43.8 Å². The van der Waals surface area contributed by atoms with Gasteiger partial charge in [0.25, 0.3) is 0 Å². The Balaban J connectivity index is 4.75. The molecule has 0 unspecified atom stereocenters. The minimum absolute atomic E-state index is 0.542. The summed E-state index contributed by atoms with van der Waals surface area (Å²) in [6.07, 6.45) is 0. The first-order chi connectivity index (χ1) is 4.50. The van der Waals surface area contributed by atoms with Crippen LogP contribution in [0.5, 0.6) is 0 Å². The lowest BCUT2D eigenvalue weighted by Crippen LogP contribution is -2.67. The minimum Gasteiger partial charge on any atom is -0.401 e. The average Bonchev–Trinajstić information content (AvgIpc) is 1.58. The van der Waals surface area contributed by atoms with Crippen molar-refractivity contribution in [1.29, 1.82) is 0 Å². The molecule has 1 N–H and O–H groups in total. The highest BCUT2D eigenvalue weighted by Crippen LogP contribution is 2.27. The van der Waals surface area contributed by atoms with Crippen LogP contribution in [0.25, 0.3) is 0 Å². The van der Waals surface area contributed by atoms with E-state index >= 15 is 0 Å². The quantitative estimate of drug-likeness (QED) is 0.676. The van der Waals surface area contributed by atoms with Crippen LogP contribution in [0.3, 0.4) is 0 Å². The molecule has 0 heterocycles. The Morgan fingerprint density at radius 3 is 1.09 bits per heavy atom. The summed E-state index contributed by atoms with van der Waals surface area (Å²) in [4.78, 5) is 0. The fourth-order valence-corrected chi connectivity index (χ4v) is 10.1. The van der Waals surface area contributed by atoms with Gasteiger partial charge in [-0.05, 0) is 0 Å². The topological polar surface area (TPSA) is 20.2 Å². The number of rotatable bonds is 2. The first-order valence-corrected chi connectivity index (χ1v) is 11.5. The molecule has 0 aliphatic rings. The van der Waals surface area contributed by atoms with E-state index in [9.17, 15) is 5.11 Å². The van der Waals surface area contributed by atoms with Crippen LogP contribution in [0.2, 0.25) is 39.3 Å². The maximum absolute atomic E-state index is 10.2. The molecule has 1 nitrogen and oxygen atoms in total. The maximum atomic E-state index is 10.2. The molecule has 0 aliphatic carbocycles. The van der Waals surface area contributed by atoms with Gasteiger partial charge < -0.3 is 5.11 Å². The molecule has 4 heteroatoms. The highest BCUT2D eigenvalue weighted by Gasteiger charge is 2.47. The first kappa shape index (κ1) is 11.6. The van der Waals surface area contributed by atoms with E-state index in [4.69, 9.17) is 0 Å². The molecule has 0 atom stereocenters. The fraction of sp³-hybridized carbons (Fsp3) is 1.00. The third-order valence-corrected chi connectivity index (χ3v) is 15.5. The largest absolute Gasteiger partial charge is 0.401 e. The summed E-state index contributed by atoms with van der Waals surface area (Å²) < 4.78 is -0.542. The van der Waals surface area contributed by atoms with Gasteiger partial charge in [-0.3, -0.25) is 0 Å². The fourth-order valence-electron chi connectivity index (χ4n) is 1.12. The van der Waals surface area contributed by atoms with Crippen molar-refractivity contribution in [2.24, 2.45) is 0 Å². The molecule has 0 bridgehead atoms. The minimum atomic E-state index is -1.49. The van der Waals surface area contributed by atoms with Gasteiger partial charge in [0.2, 0.25) is 0 Å². The second kappa shape index (κ2) is 2.83. The van der Waals surface area contributed by atoms with Crippen LogP contribution in [0.1, 0.15) is 0 Å². The Kier molecular flexibility index (Phi) is 2.99. The van der Waals surface area contributed by atoms with Gasteiger partial charge in [0.05, 0.1) is 26.4 Å². The second-order valence-electron chi connectivity index (χ2n) is 5.21. The molecule has 0 aromatic rings. The predicted octanol–water partition coefficient (Wildman–Crippen LogP) is 1.60. The van der Waals surface area contributed by atoms with Crippen molar-refractivity contribution < 1.29 is 5.11 Å². The zero-order valence-corrected chi connectivity index (χ0v) is 11.4. The van der Waals surface area contributed by atoms with Crippen LogP contribution >= 0.6 is 0 Å². The van der Waals surface area contributed by atoms with Crippen LogP contribution in [0, 0.1) is 0 Å². The third-order valence-electron chi connectivity index (χ3n) is 2.17. The highest BCUT2D eigenvalue weighted by atomic mass is 28.4. The van der Waals surface area contributed by atoms with Crippen molar-refractivity contribution in [2.75, 3.05) is 0 Å². The molecule has 0 aromatic heterocycles. The summed E-state index contributed by atoms with van der Waals surface area (Å²) in [7, 11) is 0.578. The van der Waals surface area contributed by atoms with Crippen molar-refractivity contribution >= 4 is 26.4 Å². The number of hydrogen-bond acceptors (Lipinski definition) is 1. The van der Waals surface area contributed by atoms with E-state index in [1.54, 1.807) is 0 Å². The van der Waals surface area contributed by atoms with E-state index in [1.807, 2.05) is 0 Å². The Labute approximate surface area is 75.7 Å². The lowest BCUT2D eigenvalue weighted by Gasteiger charge is -2.44. The molecule has 0 aliphatic heterocycles. The van der Waals surface area contributed by atoms with Gasteiger partial charge in [0, 0.05) is 4.47 Å². The summed E-state index contributed by atoms with van der Waals surface area (Å²) in [6.45, 7) is 13.2. The molecule has 0 fully saturated rings. The van der Waals surface area contributed by atoms with Crippen LogP contribution in [-0.2, 0) is 0 Å². The van der Waals surface area contributed by atoms with Crippen molar-refractivity contribution in [3.05, 3.63) is 0 Å². The normalized spacial score (nSPS) is 15.3. The molecule has 0 rings (SSSR count). The van der Waals surface area contributed by atoms with E-state index < -0.39 is 20.6 Å². The summed E-state index contributed by atoms with van der Waals surface area (Å²) in [6, 6.07) is 0. The third kappa shape index (κ3) is 2.27. The molecule has 3 radical (unpaired) electrons. The molecular formula is C7H19OSi3. The van der Waals surface area contributed by atoms with Gasteiger partial charge in [-0.15, -0.1) is 0 Å². The zero-order valence-electron chi connectivity index (χ0n) is 8.45. The lowest BCUT2D eigenvalue weighted by molar-refractivity contribution is 0.271. The first-order valence-electron chi connectivity index (χ1n) is 3.97. The van der Waals surface area contributed by atoms with E-state index in [0.29, 0.717) is 0 Å². The van der Waals surface area contributed by atoms with Gasteiger partial charge in [-0.2, -0.15) is 0 Å². The van der Waals surface area contributed by atoms with Crippen molar-refractivity contribution in [3.63, 3.8) is 0 Å². The van der Waals surface area contributed by atoms with E-state index in [-0.39, 0.29) is 0 Å². The molecule has 0 saturated heterocycles. The second-order valence-corrected chi connectivity index (χ2v) is 17.9. The monoisotopic (exact) mass is 203 g/mol. The lowest BCUT2D eigenvalue weighted by atomic mass is 11.5. The van der Waals surface area contributed by atoms with Gasteiger partial charge >= 0.3 is 0 Å². The number of hydrogen-bond donors (Lipinski definition) is 1. The summed E-state index contributed by atoms with van der Waals surface area (Å²) in [5, 5.41) is 10.2. The van der Waals surface area contributed by atoms with Crippen molar-refractivity contribution in [1.82, 2.24) is 0 Å². The predicted molar refractivity (Wildman–Crippen MR) is 57.4 cm³/mol. The van der Waals surface area contributed by atoms with Crippen LogP contribution in [-0.4, -0.2) is 36.0 Å². The molecule has 0 amide bonds. The van der Waals surface area contributed by atoms with Crippen LogP contribution in [0.15, 0.2) is 0 Å². The molecule has 0 spiro atoms. The van der Waals surface area contributed by atoms with Gasteiger partial charge in [0.15, 0.2) is 0 Å². The molecule has 0 aromatic carbocycles. The van der Waals surface area contributed by atoms with Crippen LogP contribution in [0.4, 0.5) is 0 Å². The van der Waals surface area contributed by atoms with Gasteiger partial charge in [-0.25, -0.2) is 0 Å². The van der Waals surface area contributed by atoms with Gasteiger partial charge in [0.1, 0.15) is 0 Å². The number of aliphatic hydroxyl groups is 1. The molecule has 0 saturated carbocycles. The smallest absolute Gasteiger partial charge is 0.0730 e. The van der Waals surface area contributed by atoms with E-state index in [2.05, 4.69) is 49.5 Å². The zero-order chi connectivity index (χ0) is 9.50. The van der Waals surface area contributed by atoms with E-state index in [0.717, 1.165) is 0 Å². The Hall–Kier alpha value is 0.611. The summed E-state index contributed by atoms with van der Waals surface area (Å²) in [5.41, 5.74) is 0. The summed E-state index contributed by atoms with van der Waals surface area (Å²) >= 11 is 0. The highest BCUT2D eigenvalue weighted by molar-refractivity contribution is 7.04. The Morgan fingerprint density at radius 2 is 1.09 bits per heavy atom. The molecular weight excluding hydrogens is 184 g/mol. The summed E-state index contributed by atoms with van der Waals surface area (Å²) in [5.74, 6) is 0.